The van der Waals surface area contributed by atoms with E-state index in [0.717, 1.165) is 5.56 Å². The van der Waals surface area contributed by atoms with Crippen LogP contribution in [0.2, 0.25) is 0 Å². The molecule has 0 amide bonds. The van der Waals surface area contributed by atoms with Crippen LogP contribution in [0.1, 0.15) is 35.0 Å². The summed E-state index contributed by atoms with van der Waals surface area (Å²) in [6.45, 7) is 3.53. The molecule has 0 bridgehead atoms. The fourth-order valence-corrected chi connectivity index (χ4v) is 4.63. The maximum Gasteiger partial charge on any atom is 0.434 e. The third-order valence-electron chi connectivity index (χ3n) is 4.81. The van der Waals surface area contributed by atoms with Crippen molar-refractivity contribution in [3.05, 3.63) is 79.3 Å². The number of aromatic nitrogens is 2. The first kappa shape index (κ1) is 23.2. The van der Waals surface area contributed by atoms with Crippen molar-refractivity contribution in [2.24, 2.45) is 0 Å². The third kappa shape index (κ3) is 5.08. The fraction of sp³-hybridized carbons (Fsp3) is 0.263. The van der Waals surface area contributed by atoms with Crippen LogP contribution < -0.4 is 10.5 Å². The molecule has 3 rings (SSSR count). The maximum atomic E-state index is 14.3. The van der Waals surface area contributed by atoms with Crippen LogP contribution in [0.3, 0.4) is 0 Å². The number of hydrogen-bond acceptors (Lipinski definition) is 5. The Morgan fingerprint density at radius 1 is 1.16 bits per heavy atom. The molecule has 0 saturated carbocycles. The lowest BCUT2D eigenvalue weighted by atomic mass is 9.97. The smallest absolute Gasteiger partial charge is 0.391 e. The molecule has 1 atom stereocenters. The van der Waals surface area contributed by atoms with Crippen molar-refractivity contribution < 1.29 is 26.0 Å². The van der Waals surface area contributed by atoms with E-state index in [1.807, 2.05) is 5.10 Å². The molecule has 0 fully saturated rings. The van der Waals surface area contributed by atoms with Gasteiger partial charge in [0, 0.05) is 0 Å². The zero-order valence-corrected chi connectivity index (χ0v) is 18.7. The molecule has 0 saturated heterocycles. The Hall–Kier alpha value is -2.44. The number of H-pyrrole nitrogens is 1. The van der Waals surface area contributed by atoms with Gasteiger partial charge in [0.1, 0.15) is 28.4 Å². The predicted octanol–water partition coefficient (Wildman–Crippen LogP) is 3.81. The van der Waals surface area contributed by atoms with E-state index in [-0.39, 0.29) is 23.2 Å². The Morgan fingerprint density at radius 2 is 1.87 bits per heavy atom. The summed E-state index contributed by atoms with van der Waals surface area (Å²) in [5.41, 5.74) is 1.88. The van der Waals surface area contributed by atoms with Crippen molar-refractivity contribution in [1.82, 2.24) is 14.9 Å². The van der Waals surface area contributed by atoms with Gasteiger partial charge in [-0.25, -0.2) is 31.5 Å². The van der Waals surface area contributed by atoms with Gasteiger partial charge in [-0.3, -0.25) is 0 Å². The lowest BCUT2D eigenvalue weighted by molar-refractivity contribution is 0.395. The predicted molar refractivity (Wildman–Crippen MR) is 108 cm³/mol. The van der Waals surface area contributed by atoms with Crippen molar-refractivity contribution in [2.75, 3.05) is 0 Å². The molecule has 31 heavy (non-hydrogen) atoms. The summed E-state index contributed by atoms with van der Waals surface area (Å²) >= 11 is 2.78. The SMILES string of the molecule is Cc1ccc(F)c(CC[C@H](NS(=O)(=O)c2cc(F)c(Br)cc2F)c2n[nH]c(=O)o2)c1C. The molecule has 2 N–H and O–H groups in total. The van der Waals surface area contributed by atoms with Gasteiger partial charge >= 0.3 is 5.76 Å². The Balaban J connectivity index is 1.95. The average molecular weight is 520 g/mol. The first-order valence-corrected chi connectivity index (χ1v) is 11.2. The van der Waals surface area contributed by atoms with Crippen LogP contribution in [0.25, 0.3) is 0 Å². The average Bonchev–Trinajstić information content (AvgIpc) is 3.13. The van der Waals surface area contributed by atoms with E-state index in [2.05, 4.69) is 25.8 Å². The second kappa shape index (κ2) is 8.97. The van der Waals surface area contributed by atoms with E-state index in [0.29, 0.717) is 23.3 Å². The summed E-state index contributed by atoms with van der Waals surface area (Å²) in [6, 6.07) is 2.86. The molecule has 0 aliphatic rings. The topological polar surface area (TPSA) is 105 Å². The van der Waals surface area contributed by atoms with Crippen LogP contribution >= 0.6 is 15.9 Å². The van der Waals surface area contributed by atoms with Crippen LogP contribution in [0, 0.1) is 31.3 Å². The number of aryl methyl sites for hydroxylation is 1. The Labute approximate surface area is 183 Å². The number of aromatic amines is 1. The van der Waals surface area contributed by atoms with Gasteiger partial charge < -0.3 is 4.42 Å². The highest BCUT2D eigenvalue weighted by Crippen LogP contribution is 2.27. The van der Waals surface area contributed by atoms with E-state index in [1.54, 1.807) is 19.9 Å². The molecule has 7 nitrogen and oxygen atoms in total. The highest BCUT2D eigenvalue weighted by Gasteiger charge is 2.29. The largest absolute Gasteiger partial charge is 0.434 e. The summed E-state index contributed by atoms with van der Waals surface area (Å²) in [5.74, 6) is -3.91. The molecule has 1 aromatic heterocycles. The molecular formula is C19H17BrF3N3O4S. The molecule has 166 valence electrons. The standard InChI is InChI=1S/C19H17BrF3N3O4S/c1-9-3-5-13(21)11(10(9)2)4-6-16(18-24-25-19(27)30-18)26-31(28,29)17-8-14(22)12(20)7-15(17)23/h3,5,7-8,16,26H,4,6H2,1-2H3,(H,25,27)/t16-/m0/s1. The Kier molecular flexibility index (Phi) is 6.72. The highest BCUT2D eigenvalue weighted by molar-refractivity contribution is 9.10. The van der Waals surface area contributed by atoms with E-state index in [4.69, 9.17) is 4.42 Å². The second-order valence-electron chi connectivity index (χ2n) is 6.83. The van der Waals surface area contributed by atoms with Crippen LogP contribution in [-0.4, -0.2) is 18.6 Å². The molecule has 1 heterocycles. The van der Waals surface area contributed by atoms with Gasteiger partial charge in [0.05, 0.1) is 4.47 Å². The van der Waals surface area contributed by atoms with Crippen LogP contribution in [0.5, 0.6) is 0 Å². The van der Waals surface area contributed by atoms with Crippen LogP contribution in [0.4, 0.5) is 13.2 Å². The minimum Gasteiger partial charge on any atom is -0.391 e. The highest BCUT2D eigenvalue weighted by atomic mass is 79.9. The molecule has 0 aliphatic heterocycles. The first-order valence-electron chi connectivity index (χ1n) is 8.96. The summed E-state index contributed by atoms with van der Waals surface area (Å²) < 4.78 is 74.6. The van der Waals surface area contributed by atoms with Crippen molar-refractivity contribution >= 4 is 26.0 Å². The maximum absolute atomic E-state index is 14.3. The van der Waals surface area contributed by atoms with E-state index in [1.165, 1.54) is 6.07 Å². The summed E-state index contributed by atoms with van der Waals surface area (Å²) in [4.78, 5) is 10.4. The molecule has 0 aliphatic carbocycles. The molecule has 2 aromatic carbocycles. The number of hydrogen-bond donors (Lipinski definition) is 2. The molecule has 0 radical (unpaired) electrons. The minimum absolute atomic E-state index is 0.0558. The number of nitrogens with one attached hydrogen (secondary N) is 2. The zero-order valence-electron chi connectivity index (χ0n) is 16.3. The molecule has 0 spiro atoms. The number of halogens is 4. The monoisotopic (exact) mass is 519 g/mol. The van der Waals surface area contributed by atoms with Crippen molar-refractivity contribution in [3.8, 4) is 0 Å². The number of sulfonamides is 1. The Morgan fingerprint density at radius 3 is 2.52 bits per heavy atom. The Bertz CT molecular complexity index is 1290. The van der Waals surface area contributed by atoms with Gasteiger partial charge in [0.15, 0.2) is 0 Å². The summed E-state index contributed by atoms with van der Waals surface area (Å²) in [7, 11) is -4.60. The second-order valence-corrected chi connectivity index (χ2v) is 9.37. The minimum atomic E-state index is -4.60. The molecule has 3 aromatic rings. The fourth-order valence-electron chi connectivity index (χ4n) is 3.02. The van der Waals surface area contributed by atoms with E-state index < -0.39 is 44.2 Å². The van der Waals surface area contributed by atoms with Gasteiger partial charge in [-0.15, -0.1) is 5.10 Å². The zero-order chi connectivity index (χ0) is 22.9. The van der Waals surface area contributed by atoms with Crippen LogP contribution in [-0.2, 0) is 16.4 Å². The number of rotatable bonds is 7. The van der Waals surface area contributed by atoms with E-state index >= 15 is 0 Å². The van der Waals surface area contributed by atoms with Crippen molar-refractivity contribution in [3.63, 3.8) is 0 Å². The summed E-state index contributed by atoms with van der Waals surface area (Å²) in [6.07, 6.45) is -0.0187. The number of benzene rings is 2. The molecular weight excluding hydrogens is 503 g/mol. The summed E-state index contributed by atoms with van der Waals surface area (Å²) in [5, 5.41) is 5.63. The van der Waals surface area contributed by atoms with Gasteiger partial charge in [0.2, 0.25) is 15.9 Å². The molecule has 0 unspecified atom stereocenters. The van der Waals surface area contributed by atoms with Gasteiger partial charge in [-0.05, 0) is 77.5 Å². The lowest BCUT2D eigenvalue weighted by Gasteiger charge is -2.17. The number of nitrogens with zero attached hydrogens (tertiary/aromatic N) is 1. The van der Waals surface area contributed by atoms with Gasteiger partial charge in [0.25, 0.3) is 0 Å². The molecule has 12 heteroatoms. The van der Waals surface area contributed by atoms with Gasteiger partial charge in [-0.1, -0.05) is 6.07 Å². The van der Waals surface area contributed by atoms with Gasteiger partial charge in [-0.2, -0.15) is 4.72 Å². The third-order valence-corrected chi connectivity index (χ3v) is 6.90. The normalized spacial score (nSPS) is 12.8. The van der Waals surface area contributed by atoms with Crippen molar-refractivity contribution in [2.45, 2.75) is 37.6 Å². The van der Waals surface area contributed by atoms with Crippen LogP contribution in [0.15, 0.2) is 42.8 Å². The van der Waals surface area contributed by atoms with Crippen molar-refractivity contribution in [1.29, 1.82) is 0 Å². The first-order chi connectivity index (χ1) is 14.5. The lowest BCUT2D eigenvalue weighted by Crippen LogP contribution is -2.30. The van der Waals surface area contributed by atoms with E-state index in [9.17, 15) is 26.4 Å². The quantitative estimate of drug-likeness (QED) is 0.461.